The van der Waals surface area contributed by atoms with E-state index in [4.69, 9.17) is 4.42 Å². The number of hydrogen-bond acceptors (Lipinski definition) is 2. The van der Waals surface area contributed by atoms with E-state index in [1.54, 1.807) is 0 Å². The van der Waals surface area contributed by atoms with Crippen LogP contribution in [-0.2, 0) is 6.42 Å². The van der Waals surface area contributed by atoms with Gasteiger partial charge < -0.3 is 4.42 Å². The molecule has 0 amide bonds. The number of aromatic nitrogens is 1. The topological polar surface area (TPSA) is 26.0 Å². The van der Waals surface area contributed by atoms with Crippen molar-refractivity contribution in [2.75, 3.05) is 0 Å². The fraction of sp³-hybridized carbons (Fsp3) is 0.308. The molecule has 0 radical (unpaired) electrons. The highest BCUT2D eigenvalue weighted by atomic mass is 16.4. The van der Waals surface area contributed by atoms with Crippen LogP contribution in [0, 0.1) is 6.92 Å². The average molecular weight is 201 g/mol. The number of hydrogen-bond donors (Lipinski definition) is 0. The lowest BCUT2D eigenvalue weighted by molar-refractivity contribution is 0.503. The molecule has 2 aromatic rings. The summed E-state index contributed by atoms with van der Waals surface area (Å²) in [5, 5.41) is 0. The second-order valence-electron chi connectivity index (χ2n) is 3.64. The summed E-state index contributed by atoms with van der Waals surface area (Å²) in [6.45, 7) is 4.12. The second-order valence-corrected chi connectivity index (χ2v) is 3.64. The first-order valence-corrected chi connectivity index (χ1v) is 5.33. The fourth-order valence-electron chi connectivity index (χ4n) is 1.63. The third-order valence-corrected chi connectivity index (χ3v) is 2.34. The Bertz CT molecular complexity index is 431. The number of nitrogens with zero attached hydrogens (tertiary/aromatic N) is 1. The summed E-state index contributed by atoms with van der Waals surface area (Å²) in [6, 6.07) is 10.1. The first kappa shape index (κ1) is 9.97. The molecular formula is C13H15NO. The molecule has 0 atom stereocenters. The van der Waals surface area contributed by atoms with Gasteiger partial charge in [-0.15, -0.1) is 0 Å². The van der Waals surface area contributed by atoms with Gasteiger partial charge in [0.25, 0.3) is 0 Å². The third kappa shape index (κ3) is 2.09. The van der Waals surface area contributed by atoms with Crippen LogP contribution in [0.5, 0.6) is 0 Å². The van der Waals surface area contributed by atoms with Crippen LogP contribution in [-0.4, -0.2) is 4.98 Å². The summed E-state index contributed by atoms with van der Waals surface area (Å²) in [6.07, 6.45) is 1.97. The minimum Gasteiger partial charge on any atom is -0.440 e. The number of rotatable bonds is 3. The molecule has 0 bridgehead atoms. The molecule has 1 aromatic heterocycles. The smallest absolute Gasteiger partial charge is 0.195 e. The summed E-state index contributed by atoms with van der Waals surface area (Å²) in [4.78, 5) is 4.41. The Hall–Kier alpha value is -1.57. The number of aryl methyl sites for hydroxylation is 2. The first-order chi connectivity index (χ1) is 7.31. The standard InChI is InChI=1S/C13H15NO/c1-3-7-12-14-10(2)13(15-12)11-8-5-4-6-9-11/h4-6,8-9H,3,7H2,1-2H3. The zero-order valence-electron chi connectivity index (χ0n) is 9.16. The van der Waals surface area contributed by atoms with Crippen molar-refractivity contribution in [3.63, 3.8) is 0 Å². The van der Waals surface area contributed by atoms with Gasteiger partial charge in [0.15, 0.2) is 11.7 Å². The highest BCUT2D eigenvalue weighted by Gasteiger charge is 2.10. The molecule has 0 spiro atoms. The van der Waals surface area contributed by atoms with Gasteiger partial charge in [-0.2, -0.15) is 0 Å². The Morgan fingerprint density at radius 1 is 1.20 bits per heavy atom. The maximum atomic E-state index is 5.73. The highest BCUT2D eigenvalue weighted by Crippen LogP contribution is 2.24. The molecule has 0 fully saturated rings. The van der Waals surface area contributed by atoms with Crippen LogP contribution in [0.3, 0.4) is 0 Å². The lowest BCUT2D eigenvalue weighted by Gasteiger charge is -1.95. The van der Waals surface area contributed by atoms with Gasteiger partial charge in [0.2, 0.25) is 0 Å². The minimum atomic E-state index is 0.842. The van der Waals surface area contributed by atoms with E-state index < -0.39 is 0 Å². The quantitative estimate of drug-likeness (QED) is 0.758. The molecule has 2 rings (SSSR count). The van der Waals surface area contributed by atoms with Crippen LogP contribution in [0.4, 0.5) is 0 Å². The molecule has 1 heterocycles. The molecule has 0 saturated heterocycles. The Balaban J connectivity index is 2.36. The van der Waals surface area contributed by atoms with Crippen molar-refractivity contribution in [2.24, 2.45) is 0 Å². The van der Waals surface area contributed by atoms with Crippen molar-refractivity contribution in [2.45, 2.75) is 26.7 Å². The first-order valence-electron chi connectivity index (χ1n) is 5.33. The Kier molecular flexibility index (Phi) is 2.86. The molecule has 2 nitrogen and oxygen atoms in total. The van der Waals surface area contributed by atoms with Crippen LogP contribution in [0.25, 0.3) is 11.3 Å². The highest BCUT2D eigenvalue weighted by molar-refractivity contribution is 5.59. The van der Waals surface area contributed by atoms with Crippen LogP contribution in [0.1, 0.15) is 24.9 Å². The maximum Gasteiger partial charge on any atom is 0.195 e. The van der Waals surface area contributed by atoms with Crippen molar-refractivity contribution in [1.82, 2.24) is 4.98 Å². The predicted octanol–water partition coefficient (Wildman–Crippen LogP) is 3.60. The van der Waals surface area contributed by atoms with Gasteiger partial charge in [0.1, 0.15) is 0 Å². The SMILES string of the molecule is CCCc1nc(C)c(-c2ccccc2)o1. The normalized spacial score (nSPS) is 10.5. The van der Waals surface area contributed by atoms with Gasteiger partial charge in [0.05, 0.1) is 5.69 Å². The molecule has 0 N–H and O–H groups in total. The lowest BCUT2D eigenvalue weighted by atomic mass is 10.1. The van der Waals surface area contributed by atoms with Crippen molar-refractivity contribution in [3.05, 3.63) is 41.9 Å². The van der Waals surface area contributed by atoms with Crippen LogP contribution < -0.4 is 0 Å². The van der Waals surface area contributed by atoms with Gasteiger partial charge >= 0.3 is 0 Å². The molecule has 2 heteroatoms. The summed E-state index contributed by atoms with van der Waals surface area (Å²) < 4.78 is 5.73. The molecule has 1 aromatic carbocycles. The Labute approximate surface area is 90.0 Å². The van der Waals surface area contributed by atoms with Crippen molar-refractivity contribution in [1.29, 1.82) is 0 Å². The maximum absolute atomic E-state index is 5.73. The van der Waals surface area contributed by atoms with E-state index in [1.807, 2.05) is 37.3 Å². The summed E-state index contributed by atoms with van der Waals surface area (Å²) in [7, 11) is 0. The summed E-state index contributed by atoms with van der Waals surface area (Å²) in [5.41, 5.74) is 2.08. The van der Waals surface area contributed by atoms with Crippen LogP contribution in [0.15, 0.2) is 34.7 Å². The van der Waals surface area contributed by atoms with Gasteiger partial charge in [-0.25, -0.2) is 4.98 Å². The lowest BCUT2D eigenvalue weighted by Crippen LogP contribution is -1.81. The molecule has 15 heavy (non-hydrogen) atoms. The van der Waals surface area contributed by atoms with E-state index in [2.05, 4.69) is 11.9 Å². The average Bonchev–Trinajstić information content (AvgIpc) is 2.61. The van der Waals surface area contributed by atoms with Gasteiger partial charge in [-0.05, 0) is 13.3 Å². The molecule has 0 aliphatic rings. The van der Waals surface area contributed by atoms with E-state index in [-0.39, 0.29) is 0 Å². The predicted molar refractivity (Wildman–Crippen MR) is 60.7 cm³/mol. The summed E-state index contributed by atoms with van der Waals surface area (Å²) in [5.74, 6) is 1.74. The Morgan fingerprint density at radius 2 is 1.93 bits per heavy atom. The molecular weight excluding hydrogens is 186 g/mol. The van der Waals surface area contributed by atoms with E-state index in [0.29, 0.717) is 0 Å². The number of benzene rings is 1. The van der Waals surface area contributed by atoms with Crippen LogP contribution in [0.2, 0.25) is 0 Å². The van der Waals surface area contributed by atoms with Gasteiger partial charge in [-0.1, -0.05) is 37.3 Å². The Morgan fingerprint density at radius 3 is 2.60 bits per heavy atom. The monoisotopic (exact) mass is 201 g/mol. The van der Waals surface area contributed by atoms with E-state index in [1.165, 1.54) is 0 Å². The zero-order valence-corrected chi connectivity index (χ0v) is 9.16. The summed E-state index contributed by atoms with van der Waals surface area (Å²) >= 11 is 0. The number of oxazole rings is 1. The molecule has 0 unspecified atom stereocenters. The molecule has 0 saturated carbocycles. The van der Waals surface area contributed by atoms with E-state index in [9.17, 15) is 0 Å². The van der Waals surface area contributed by atoms with Gasteiger partial charge in [-0.3, -0.25) is 0 Å². The third-order valence-electron chi connectivity index (χ3n) is 2.34. The largest absolute Gasteiger partial charge is 0.440 e. The van der Waals surface area contributed by atoms with Crippen molar-refractivity contribution < 1.29 is 4.42 Å². The van der Waals surface area contributed by atoms with Crippen molar-refractivity contribution in [3.8, 4) is 11.3 Å². The zero-order chi connectivity index (χ0) is 10.7. The molecule has 0 aliphatic carbocycles. The second kappa shape index (κ2) is 4.30. The van der Waals surface area contributed by atoms with E-state index >= 15 is 0 Å². The van der Waals surface area contributed by atoms with Gasteiger partial charge in [0, 0.05) is 12.0 Å². The van der Waals surface area contributed by atoms with Crippen molar-refractivity contribution >= 4 is 0 Å². The molecule has 78 valence electrons. The van der Waals surface area contributed by atoms with E-state index in [0.717, 1.165) is 35.7 Å². The van der Waals surface area contributed by atoms with Crippen LogP contribution >= 0.6 is 0 Å². The minimum absolute atomic E-state index is 0.842. The fourth-order valence-corrected chi connectivity index (χ4v) is 1.63. The molecule has 0 aliphatic heterocycles.